The van der Waals surface area contributed by atoms with E-state index < -0.39 is 0 Å². The van der Waals surface area contributed by atoms with Crippen LogP contribution in [0.5, 0.6) is 5.75 Å². The molecule has 1 aliphatic heterocycles. The summed E-state index contributed by atoms with van der Waals surface area (Å²) >= 11 is 0. The zero-order chi connectivity index (χ0) is 15.4. The van der Waals surface area contributed by atoms with Crippen molar-refractivity contribution in [1.82, 2.24) is 5.06 Å². The van der Waals surface area contributed by atoms with E-state index in [-0.39, 0.29) is 24.4 Å². The Labute approximate surface area is 142 Å². The summed E-state index contributed by atoms with van der Waals surface area (Å²) in [6.07, 6.45) is 1.70. The van der Waals surface area contributed by atoms with Crippen LogP contribution in [0.25, 0.3) is 11.1 Å². The first-order valence-corrected chi connectivity index (χ1v) is 7.46. The Balaban J connectivity index is 0.00000192. The van der Waals surface area contributed by atoms with Gasteiger partial charge in [-0.2, -0.15) is 0 Å². The molecule has 0 bridgehead atoms. The largest absolute Gasteiger partial charge is 0.468 e. The minimum Gasteiger partial charge on any atom is -0.468 e. The average Bonchev–Trinajstić information content (AvgIpc) is 3.04. The second-order valence-corrected chi connectivity index (χ2v) is 5.30. The molecule has 3 rings (SSSR count). The molecule has 0 radical (unpaired) electrons. The lowest BCUT2D eigenvalue weighted by Gasteiger charge is -2.22. The van der Waals surface area contributed by atoms with Gasteiger partial charge in [-0.05, 0) is 36.1 Å². The van der Waals surface area contributed by atoms with Crippen molar-refractivity contribution in [2.45, 2.75) is 18.9 Å². The monoisotopic (exact) mass is 333 g/mol. The van der Waals surface area contributed by atoms with Crippen LogP contribution >= 0.6 is 12.4 Å². The van der Waals surface area contributed by atoms with Crippen LogP contribution < -0.4 is 4.84 Å². The normalized spacial score (nSPS) is 17.3. The lowest BCUT2D eigenvalue weighted by Crippen LogP contribution is -2.39. The molecule has 2 aromatic carbocycles. The predicted octanol–water partition coefficient (Wildman–Crippen LogP) is 3.71. The zero-order valence-electron chi connectivity index (χ0n) is 13.0. The maximum atomic E-state index is 11.7. The van der Waals surface area contributed by atoms with Crippen LogP contribution in [-0.2, 0) is 9.53 Å². The predicted molar refractivity (Wildman–Crippen MR) is 91.5 cm³/mol. The molecule has 0 spiro atoms. The van der Waals surface area contributed by atoms with Gasteiger partial charge < -0.3 is 9.57 Å². The number of hydrogen-bond donors (Lipinski definition) is 0. The molecular weight excluding hydrogens is 314 g/mol. The van der Waals surface area contributed by atoms with Gasteiger partial charge in [-0.3, -0.25) is 4.79 Å². The van der Waals surface area contributed by atoms with Crippen LogP contribution in [0.3, 0.4) is 0 Å². The van der Waals surface area contributed by atoms with Gasteiger partial charge in [-0.1, -0.05) is 42.5 Å². The van der Waals surface area contributed by atoms with Crippen molar-refractivity contribution < 1.29 is 14.4 Å². The summed E-state index contributed by atoms with van der Waals surface area (Å²) in [6.45, 7) is 0.736. The lowest BCUT2D eigenvalue weighted by atomic mass is 10.1. The van der Waals surface area contributed by atoms with E-state index in [0.29, 0.717) is 0 Å². The fraction of sp³-hybridized carbons (Fsp3) is 0.278. The second-order valence-electron chi connectivity index (χ2n) is 5.30. The Morgan fingerprint density at radius 2 is 1.70 bits per heavy atom. The number of rotatable bonds is 4. The first kappa shape index (κ1) is 17.3. The number of benzene rings is 2. The molecule has 1 atom stereocenters. The highest BCUT2D eigenvalue weighted by Gasteiger charge is 2.33. The van der Waals surface area contributed by atoms with Gasteiger partial charge in [-0.25, -0.2) is 0 Å². The van der Waals surface area contributed by atoms with Gasteiger partial charge in [0.2, 0.25) is 0 Å². The Morgan fingerprint density at radius 3 is 2.35 bits per heavy atom. The Bertz CT molecular complexity index is 630. The van der Waals surface area contributed by atoms with Crippen LogP contribution in [0.4, 0.5) is 0 Å². The number of ether oxygens (including phenoxy) is 1. The number of hydrogen-bond acceptors (Lipinski definition) is 4. The number of esters is 1. The molecule has 0 saturated carbocycles. The molecule has 1 saturated heterocycles. The lowest BCUT2D eigenvalue weighted by molar-refractivity contribution is -0.158. The quantitative estimate of drug-likeness (QED) is 0.800. The maximum absolute atomic E-state index is 11.7. The average molecular weight is 334 g/mol. The van der Waals surface area contributed by atoms with Gasteiger partial charge >= 0.3 is 5.97 Å². The van der Waals surface area contributed by atoms with Crippen LogP contribution in [0.2, 0.25) is 0 Å². The van der Waals surface area contributed by atoms with Gasteiger partial charge in [0.1, 0.15) is 11.8 Å². The second kappa shape index (κ2) is 7.99. The van der Waals surface area contributed by atoms with Gasteiger partial charge in [0.05, 0.1) is 7.11 Å². The van der Waals surface area contributed by atoms with Gasteiger partial charge in [-0.15, -0.1) is 17.5 Å². The van der Waals surface area contributed by atoms with Gasteiger partial charge in [0, 0.05) is 6.54 Å². The molecule has 1 heterocycles. The molecule has 2 aromatic rings. The molecule has 1 fully saturated rings. The van der Waals surface area contributed by atoms with Crippen molar-refractivity contribution in [1.29, 1.82) is 0 Å². The molecule has 5 heteroatoms. The van der Waals surface area contributed by atoms with E-state index >= 15 is 0 Å². The topological polar surface area (TPSA) is 38.8 Å². The molecule has 23 heavy (non-hydrogen) atoms. The Morgan fingerprint density at radius 1 is 1.04 bits per heavy atom. The van der Waals surface area contributed by atoms with Gasteiger partial charge in [0.25, 0.3) is 0 Å². The summed E-state index contributed by atoms with van der Waals surface area (Å²) in [4.78, 5) is 17.5. The van der Waals surface area contributed by atoms with E-state index in [1.807, 2.05) is 42.5 Å². The molecule has 4 nitrogen and oxygen atoms in total. The van der Waals surface area contributed by atoms with Gasteiger partial charge in [0.15, 0.2) is 0 Å². The van der Waals surface area contributed by atoms with Crippen LogP contribution in [0.1, 0.15) is 12.8 Å². The first-order chi connectivity index (χ1) is 10.8. The molecule has 0 N–H and O–H groups in total. The zero-order valence-corrected chi connectivity index (χ0v) is 13.8. The minimum atomic E-state index is -0.307. The van der Waals surface area contributed by atoms with Crippen LogP contribution in [0.15, 0.2) is 54.6 Å². The smallest absolute Gasteiger partial charge is 0.326 e. The van der Waals surface area contributed by atoms with E-state index in [1.165, 1.54) is 12.7 Å². The van der Waals surface area contributed by atoms with Crippen molar-refractivity contribution in [2.75, 3.05) is 13.7 Å². The Kier molecular flexibility index (Phi) is 6.02. The summed E-state index contributed by atoms with van der Waals surface area (Å²) in [6, 6.07) is 17.8. The number of hydroxylamine groups is 2. The standard InChI is InChI=1S/C18H19NO3.ClH/c1-21-18(20)17-8-5-13-19(17)22-16-11-9-15(10-12-16)14-6-3-2-4-7-14;/h2-4,6-7,9-12,17H,5,8,13H2,1H3;1H. The highest BCUT2D eigenvalue weighted by Crippen LogP contribution is 2.25. The summed E-state index contributed by atoms with van der Waals surface area (Å²) < 4.78 is 4.82. The van der Waals surface area contributed by atoms with Crippen molar-refractivity contribution in [3.8, 4) is 16.9 Å². The summed E-state index contributed by atoms with van der Waals surface area (Å²) in [5, 5.41) is 1.71. The minimum absolute atomic E-state index is 0. The van der Waals surface area contributed by atoms with Crippen molar-refractivity contribution in [3.05, 3.63) is 54.6 Å². The highest BCUT2D eigenvalue weighted by molar-refractivity contribution is 5.85. The van der Waals surface area contributed by atoms with Crippen LogP contribution in [0, 0.1) is 0 Å². The van der Waals surface area contributed by atoms with E-state index in [1.54, 1.807) is 5.06 Å². The number of halogens is 1. The highest BCUT2D eigenvalue weighted by atomic mass is 35.5. The van der Waals surface area contributed by atoms with Crippen molar-refractivity contribution in [2.24, 2.45) is 0 Å². The van der Waals surface area contributed by atoms with E-state index in [4.69, 9.17) is 9.57 Å². The maximum Gasteiger partial charge on any atom is 0.326 e. The summed E-state index contributed by atoms with van der Waals surface area (Å²) in [7, 11) is 1.41. The number of methoxy groups -OCH3 is 1. The van der Waals surface area contributed by atoms with Crippen LogP contribution in [-0.4, -0.2) is 30.7 Å². The SMILES string of the molecule is COC(=O)C1CCCN1Oc1ccc(-c2ccccc2)cc1.Cl. The van der Waals surface area contributed by atoms with Crippen molar-refractivity contribution >= 4 is 18.4 Å². The third-order valence-electron chi connectivity index (χ3n) is 3.86. The fourth-order valence-corrected chi connectivity index (χ4v) is 2.70. The molecule has 1 unspecified atom stereocenters. The molecule has 0 aromatic heterocycles. The fourth-order valence-electron chi connectivity index (χ4n) is 2.70. The van der Waals surface area contributed by atoms with E-state index in [0.717, 1.165) is 30.7 Å². The molecule has 1 aliphatic rings. The van der Waals surface area contributed by atoms with E-state index in [9.17, 15) is 4.79 Å². The Hall–Kier alpha value is -2.04. The first-order valence-electron chi connectivity index (χ1n) is 7.46. The number of carbonyl (C=O) groups excluding carboxylic acids is 1. The van der Waals surface area contributed by atoms with Crippen molar-refractivity contribution in [3.63, 3.8) is 0 Å². The molecule has 0 aliphatic carbocycles. The third kappa shape index (κ3) is 4.03. The summed E-state index contributed by atoms with van der Waals surface area (Å²) in [5.74, 6) is 0.494. The molecule has 0 amide bonds. The third-order valence-corrected chi connectivity index (χ3v) is 3.86. The summed E-state index contributed by atoms with van der Waals surface area (Å²) in [5.41, 5.74) is 2.31. The molecule has 122 valence electrons. The number of carbonyl (C=O) groups is 1. The molecular formula is C18H20ClNO3. The number of nitrogens with zero attached hydrogens (tertiary/aromatic N) is 1. The van der Waals surface area contributed by atoms with E-state index in [2.05, 4.69) is 12.1 Å².